The van der Waals surface area contributed by atoms with Crippen LogP contribution < -0.4 is 5.32 Å². The van der Waals surface area contributed by atoms with Crippen LogP contribution >= 0.6 is 15.9 Å². The maximum absolute atomic E-state index is 13.2. The van der Waals surface area contributed by atoms with Crippen molar-refractivity contribution in [3.05, 3.63) is 56.8 Å². The summed E-state index contributed by atoms with van der Waals surface area (Å²) in [5, 5.41) is 3.29. The molecule has 1 aliphatic carbocycles. The number of carbonyl (C=O) groups excluding carboxylic acids is 2. The first kappa shape index (κ1) is 17.9. The van der Waals surface area contributed by atoms with Gasteiger partial charge in [-0.05, 0) is 37.5 Å². The molecule has 0 fully saturated rings. The van der Waals surface area contributed by atoms with Crippen LogP contribution in [0.1, 0.15) is 45.1 Å². The van der Waals surface area contributed by atoms with Gasteiger partial charge in [-0.2, -0.15) is 0 Å². The predicted octanol–water partition coefficient (Wildman–Crippen LogP) is 4.23. The zero-order valence-electron chi connectivity index (χ0n) is 14.9. The van der Waals surface area contributed by atoms with E-state index in [0.29, 0.717) is 11.1 Å². The van der Waals surface area contributed by atoms with Crippen LogP contribution in [-0.4, -0.2) is 18.9 Å². The van der Waals surface area contributed by atoms with Crippen molar-refractivity contribution in [1.82, 2.24) is 5.32 Å². The molecule has 0 radical (unpaired) electrons. The van der Waals surface area contributed by atoms with E-state index < -0.39 is 17.3 Å². The highest BCUT2D eigenvalue weighted by molar-refractivity contribution is 9.10. The molecule has 3 rings (SSSR count). The molecule has 1 N–H and O–H groups in total. The smallest absolute Gasteiger partial charge is 0.336 e. The molecule has 0 saturated heterocycles. The number of hydrogen-bond acceptors (Lipinski definition) is 4. The lowest BCUT2D eigenvalue weighted by molar-refractivity contribution is -0.136. The molecule has 1 aromatic rings. The summed E-state index contributed by atoms with van der Waals surface area (Å²) >= 11 is 3.44. The second-order valence-electron chi connectivity index (χ2n) is 7.25. The standard InChI is InChI=1S/C20H22BrNO3/c1-11-15(19(24)25-4)16(12-5-7-13(21)8-6-12)17-14(22-11)9-10-20(2,3)18(17)23/h5-8,16,22H,9-10H2,1-4H3. The van der Waals surface area contributed by atoms with Crippen LogP contribution in [0.25, 0.3) is 0 Å². The van der Waals surface area contributed by atoms with E-state index in [0.717, 1.165) is 34.3 Å². The van der Waals surface area contributed by atoms with Crippen molar-refractivity contribution in [3.63, 3.8) is 0 Å². The van der Waals surface area contributed by atoms with Crippen molar-refractivity contribution < 1.29 is 14.3 Å². The van der Waals surface area contributed by atoms with E-state index in [1.165, 1.54) is 7.11 Å². The minimum absolute atomic E-state index is 0.100. The average Bonchev–Trinajstić information content (AvgIpc) is 2.58. The number of dihydropyridines is 1. The van der Waals surface area contributed by atoms with Gasteiger partial charge in [0.2, 0.25) is 0 Å². The molecule has 4 nitrogen and oxygen atoms in total. The first-order valence-electron chi connectivity index (χ1n) is 8.35. The summed E-state index contributed by atoms with van der Waals surface area (Å²) in [6, 6.07) is 7.77. The summed E-state index contributed by atoms with van der Waals surface area (Å²) < 4.78 is 5.98. The molecule has 0 saturated carbocycles. The fourth-order valence-corrected chi connectivity index (χ4v) is 3.91. The van der Waals surface area contributed by atoms with Crippen LogP contribution in [0.3, 0.4) is 0 Å². The highest BCUT2D eigenvalue weighted by atomic mass is 79.9. The molecule has 0 bridgehead atoms. The van der Waals surface area contributed by atoms with Crippen LogP contribution in [0.4, 0.5) is 0 Å². The normalized spacial score (nSPS) is 22.4. The quantitative estimate of drug-likeness (QED) is 0.750. The molecule has 25 heavy (non-hydrogen) atoms. The SMILES string of the molecule is COC(=O)C1=C(C)NC2=C(C(=O)C(C)(C)CC2)C1c1ccc(Br)cc1. The molecule has 5 heteroatoms. The summed E-state index contributed by atoms with van der Waals surface area (Å²) in [5.74, 6) is -0.701. The molecule has 1 heterocycles. The highest BCUT2D eigenvalue weighted by Gasteiger charge is 2.44. The number of hydrogen-bond donors (Lipinski definition) is 1. The fourth-order valence-electron chi connectivity index (χ4n) is 3.65. The lowest BCUT2D eigenvalue weighted by atomic mass is 9.67. The maximum Gasteiger partial charge on any atom is 0.336 e. The number of methoxy groups -OCH3 is 1. The Kier molecular flexibility index (Phi) is 4.62. The van der Waals surface area contributed by atoms with Gasteiger partial charge in [-0.15, -0.1) is 0 Å². The molecule has 1 aromatic carbocycles. The van der Waals surface area contributed by atoms with E-state index in [2.05, 4.69) is 21.2 Å². The van der Waals surface area contributed by atoms with Crippen LogP contribution in [0.5, 0.6) is 0 Å². The van der Waals surface area contributed by atoms with Gasteiger partial charge in [0, 0.05) is 32.8 Å². The second kappa shape index (κ2) is 6.45. The van der Waals surface area contributed by atoms with Gasteiger partial charge in [0.25, 0.3) is 0 Å². The van der Waals surface area contributed by atoms with Crippen molar-refractivity contribution >= 4 is 27.7 Å². The van der Waals surface area contributed by atoms with E-state index in [4.69, 9.17) is 4.74 Å². The van der Waals surface area contributed by atoms with Crippen molar-refractivity contribution in [2.75, 3.05) is 7.11 Å². The molecule has 0 amide bonds. The van der Waals surface area contributed by atoms with Gasteiger partial charge in [-0.3, -0.25) is 4.79 Å². The number of rotatable bonds is 2. The molecule has 132 valence electrons. The molecule has 0 spiro atoms. The summed E-state index contributed by atoms with van der Waals surface area (Å²) in [4.78, 5) is 25.7. The van der Waals surface area contributed by atoms with E-state index >= 15 is 0 Å². The summed E-state index contributed by atoms with van der Waals surface area (Å²) in [5.41, 5.74) is 3.39. The summed E-state index contributed by atoms with van der Waals surface area (Å²) in [6.07, 6.45) is 1.60. The van der Waals surface area contributed by atoms with Gasteiger partial charge >= 0.3 is 5.97 Å². The molecular weight excluding hydrogens is 382 g/mol. The number of ketones is 1. The third-order valence-electron chi connectivity index (χ3n) is 5.11. The Morgan fingerprint density at radius 3 is 2.52 bits per heavy atom. The fraction of sp³-hybridized carbons (Fsp3) is 0.400. The molecule has 1 unspecified atom stereocenters. The van der Waals surface area contributed by atoms with Gasteiger partial charge in [0.1, 0.15) is 0 Å². The Labute approximate surface area is 156 Å². The van der Waals surface area contributed by atoms with Gasteiger partial charge < -0.3 is 10.1 Å². The zero-order chi connectivity index (χ0) is 18.4. The minimum atomic E-state index is -0.430. The molecular formula is C20H22BrNO3. The van der Waals surface area contributed by atoms with Crippen LogP contribution in [0, 0.1) is 5.41 Å². The number of halogens is 1. The second-order valence-corrected chi connectivity index (χ2v) is 8.16. The van der Waals surface area contributed by atoms with Crippen molar-refractivity contribution in [2.45, 2.75) is 39.5 Å². The Bertz CT molecular complexity index is 803. The van der Waals surface area contributed by atoms with Gasteiger partial charge in [-0.1, -0.05) is 41.9 Å². The number of Topliss-reactive ketones (excluding diaryl/α,β-unsaturated/α-hetero) is 1. The first-order chi connectivity index (χ1) is 11.8. The topological polar surface area (TPSA) is 55.4 Å². The number of benzene rings is 1. The highest BCUT2D eigenvalue weighted by Crippen LogP contribution is 2.46. The Morgan fingerprint density at radius 2 is 1.92 bits per heavy atom. The third kappa shape index (κ3) is 3.06. The molecule has 0 aromatic heterocycles. The lowest BCUT2D eigenvalue weighted by Gasteiger charge is -2.39. The van der Waals surface area contributed by atoms with E-state index in [-0.39, 0.29) is 5.78 Å². The third-order valence-corrected chi connectivity index (χ3v) is 5.64. The van der Waals surface area contributed by atoms with E-state index in [1.54, 1.807) is 0 Å². The lowest BCUT2D eigenvalue weighted by Crippen LogP contribution is -2.40. The average molecular weight is 404 g/mol. The molecule has 2 aliphatic rings. The molecule has 1 aliphatic heterocycles. The number of allylic oxidation sites excluding steroid dienone is 3. The van der Waals surface area contributed by atoms with Gasteiger partial charge in [0.15, 0.2) is 5.78 Å². The van der Waals surface area contributed by atoms with Crippen molar-refractivity contribution in [3.8, 4) is 0 Å². The van der Waals surface area contributed by atoms with E-state index in [1.807, 2.05) is 45.0 Å². The summed E-state index contributed by atoms with van der Waals surface area (Å²) in [7, 11) is 1.37. The Hall–Kier alpha value is -1.88. The summed E-state index contributed by atoms with van der Waals surface area (Å²) in [6.45, 7) is 5.81. The van der Waals surface area contributed by atoms with Gasteiger partial charge in [-0.25, -0.2) is 4.79 Å². The van der Waals surface area contributed by atoms with Crippen LogP contribution in [0.2, 0.25) is 0 Å². The maximum atomic E-state index is 13.2. The number of carbonyl (C=O) groups is 2. The van der Waals surface area contributed by atoms with Crippen molar-refractivity contribution in [1.29, 1.82) is 0 Å². The van der Waals surface area contributed by atoms with E-state index in [9.17, 15) is 9.59 Å². The van der Waals surface area contributed by atoms with Crippen LogP contribution in [-0.2, 0) is 14.3 Å². The zero-order valence-corrected chi connectivity index (χ0v) is 16.5. The van der Waals surface area contributed by atoms with Crippen LogP contribution in [0.15, 0.2) is 51.3 Å². The molecule has 1 atom stereocenters. The number of ether oxygens (including phenoxy) is 1. The Balaban J connectivity index is 2.21. The minimum Gasteiger partial charge on any atom is -0.466 e. The predicted molar refractivity (Wildman–Crippen MR) is 99.8 cm³/mol. The number of esters is 1. The monoisotopic (exact) mass is 403 g/mol. The number of nitrogens with one attached hydrogen (secondary N) is 1. The Morgan fingerprint density at radius 1 is 1.28 bits per heavy atom. The van der Waals surface area contributed by atoms with Gasteiger partial charge in [0.05, 0.1) is 12.7 Å². The first-order valence-corrected chi connectivity index (χ1v) is 9.15. The van der Waals surface area contributed by atoms with Crippen molar-refractivity contribution in [2.24, 2.45) is 5.41 Å². The largest absolute Gasteiger partial charge is 0.466 e.